The molecule has 0 aliphatic carbocycles. The number of hydrogen-bond acceptors (Lipinski definition) is 7. The zero-order valence-electron chi connectivity index (χ0n) is 16.4. The molecule has 9 nitrogen and oxygen atoms in total. The van der Waals surface area contributed by atoms with E-state index >= 15 is 0 Å². The van der Waals surface area contributed by atoms with Gasteiger partial charge in [0.25, 0.3) is 0 Å². The fourth-order valence-electron chi connectivity index (χ4n) is 3.55. The van der Waals surface area contributed by atoms with Crippen molar-refractivity contribution < 1.29 is 13.2 Å². The van der Waals surface area contributed by atoms with Gasteiger partial charge in [-0.25, -0.2) is 18.4 Å². The van der Waals surface area contributed by atoms with Gasteiger partial charge in [-0.1, -0.05) is 11.6 Å². The molecule has 0 unspecified atom stereocenters. The quantitative estimate of drug-likeness (QED) is 0.680. The first kappa shape index (κ1) is 20.5. The molecule has 4 heterocycles. The van der Waals surface area contributed by atoms with E-state index in [4.69, 9.17) is 16.3 Å². The van der Waals surface area contributed by atoms with Crippen molar-refractivity contribution in [1.82, 2.24) is 23.7 Å². The van der Waals surface area contributed by atoms with Gasteiger partial charge < -0.3 is 14.2 Å². The number of piperazine rings is 1. The Morgan fingerprint density at radius 3 is 2.34 bits per heavy atom. The summed E-state index contributed by atoms with van der Waals surface area (Å²) >= 11 is 6.06. The normalized spacial score (nSPS) is 19.6. The van der Waals surface area contributed by atoms with Gasteiger partial charge in [-0.3, -0.25) is 4.90 Å². The van der Waals surface area contributed by atoms with Crippen LogP contribution in [0.1, 0.15) is 5.82 Å². The molecule has 0 atom stereocenters. The first-order valence-electron chi connectivity index (χ1n) is 9.62. The summed E-state index contributed by atoms with van der Waals surface area (Å²) in [6.45, 7) is 5.77. The van der Waals surface area contributed by atoms with E-state index in [0.29, 0.717) is 31.5 Å². The molecule has 0 aromatic carbocycles. The van der Waals surface area contributed by atoms with Gasteiger partial charge in [0.15, 0.2) is 0 Å². The average molecular weight is 441 g/mol. The van der Waals surface area contributed by atoms with Crippen LogP contribution in [0.3, 0.4) is 0 Å². The van der Waals surface area contributed by atoms with Crippen LogP contribution in [0.2, 0.25) is 5.15 Å². The molecule has 0 radical (unpaired) electrons. The molecular weight excluding hydrogens is 416 g/mol. The molecule has 2 fully saturated rings. The fraction of sp³-hybridized carbons (Fsp3) is 0.556. The second kappa shape index (κ2) is 8.57. The van der Waals surface area contributed by atoms with Gasteiger partial charge in [-0.05, 0) is 12.1 Å². The maximum absolute atomic E-state index is 12.7. The molecule has 0 saturated carbocycles. The van der Waals surface area contributed by atoms with Crippen molar-refractivity contribution >= 4 is 27.4 Å². The molecule has 4 rings (SSSR count). The zero-order valence-corrected chi connectivity index (χ0v) is 17.9. The minimum atomic E-state index is -3.51. The summed E-state index contributed by atoms with van der Waals surface area (Å²) in [5.74, 6) is 1.74. The van der Waals surface area contributed by atoms with Crippen molar-refractivity contribution in [2.45, 2.75) is 11.4 Å². The fourth-order valence-corrected chi connectivity index (χ4v) is 5.05. The molecule has 2 aliphatic heterocycles. The predicted octanol–water partition coefficient (Wildman–Crippen LogP) is 0.812. The number of halogens is 1. The Morgan fingerprint density at radius 1 is 1.03 bits per heavy atom. The Morgan fingerprint density at radius 2 is 1.76 bits per heavy atom. The minimum Gasteiger partial charge on any atom is -0.379 e. The monoisotopic (exact) mass is 440 g/mol. The maximum Gasteiger partial charge on any atom is 0.244 e. The summed E-state index contributed by atoms with van der Waals surface area (Å²) in [7, 11) is -1.60. The highest BCUT2D eigenvalue weighted by Gasteiger charge is 2.27. The number of aromatic nitrogens is 3. The molecular formula is C18H25ClN6O3S. The van der Waals surface area contributed by atoms with Crippen molar-refractivity contribution in [3.8, 4) is 0 Å². The van der Waals surface area contributed by atoms with Crippen LogP contribution in [0.5, 0.6) is 0 Å². The first-order valence-corrected chi connectivity index (χ1v) is 11.4. The van der Waals surface area contributed by atoms with Gasteiger partial charge in [0.2, 0.25) is 10.0 Å². The van der Waals surface area contributed by atoms with E-state index in [2.05, 4.69) is 19.8 Å². The number of ether oxygens (including phenoxy) is 1. The Balaban J connectivity index is 1.36. The number of nitrogens with zero attached hydrogens (tertiary/aromatic N) is 6. The van der Waals surface area contributed by atoms with Crippen LogP contribution in [-0.4, -0.2) is 84.6 Å². The van der Waals surface area contributed by atoms with Gasteiger partial charge in [0.1, 0.15) is 21.7 Å². The molecule has 0 spiro atoms. The molecule has 2 aromatic rings. The Labute approximate surface area is 175 Å². The van der Waals surface area contributed by atoms with Crippen molar-refractivity contribution in [2.75, 3.05) is 57.4 Å². The summed E-state index contributed by atoms with van der Waals surface area (Å²) in [4.78, 5) is 13.5. The van der Waals surface area contributed by atoms with Crippen LogP contribution in [0.15, 0.2) is 29.4 Å². The second-order valence-electron chi connectivity index (χ2n) is 7.19. The number of sulfonamides is 1. The average Bonchev–Trinajstić information content (AvgIpc) is 3.07. The van der Waals surface area contributed by atoms with Gasteiger partial charge >= 0.3 is 0 Å². The van der Waals surface area contributed by atoms with E-state index in [1.807, 2.05) is 11.6 Å². The number of hydrogen-bond donors (Lipinski definition) is 0. The van der Waals surface area contributed by atoms with Gasteiger partial charge in [0, 0.05) is 52.5 Å². The topological polar surface area (TPSA) is 83.8 Å². The minimum absolute atomic E-state index is 0.230. The van der Waals surface area contributed by atoms with Crippen molar-refractivity contribution in [1.29, 1.82) is 0 Å². The van der Waals surface area contributed by atoms with Crippen molar-refractivity contribution in [2.24, 2.45) is 7.05 Å². The summed E-state index contributed by atoms with van der Waals surface area (Å²) in [5, 5.41) is 0.634. The van der Waals surface area contributed by atoms with Crippen LogP contribution in [0.25, 0.3) is 0 Å². The molecule has 0 N–H and O–H groups in total. The van der Waals surface area contributed by atoms with Crippen LogP contribution in [0, 0.1) is 0 Å². The maximum atomic E-state index is 12.7. The highest BCUT2D eigenvalue weighted by Crippen LogP contribution is 2.20. The highest BCUT2D eigenvalue weighted by atomic mass is 35.5. The molecule has 158 valence electrons. The molecule has 0 bridgehead atoms. The molecule has 29 heavy (non-hydrogen) atoms. The van der Waals surface area contributed by atoms with Crippen molar-refractivity contribution in [3.05, 3.63) is 35.5 Å². The van der Waals surface area contributed by atoms with Crippen molar-refractivity contribution in [3.63, 3.8) is 0 Å². The molecule has 2 aromatic heterocycles. The van der Waals surface area contributed by atoms with E-state index in [0.717, 1.165) is 44.4 Å². The lowest BCUT2D eigenvalue weighted by Crippen LogP contribution is -2.46. The number of pyridine rings is 1. The lowest BCUT2D eigenvalue weighted by molar-refractivity contribution is 0.0730. The first-order chi connectivity index (χ1) is 13.9. The second-order valence-corrected chi connectivity index (χ2v) is 9.51. The third-order valence-electron chi connectivity index (χ3n) is 5.42. The van der Waals surface area contributed by atoms with Gasteiger partial charge in [-0.2, -0.15) is 4.31 Å². The number of anilines is 1. The van der Waals surface area contributed by atoms with E-state index in [9.17, 15) is 8.42 Å². The Bertz CT molecular complexity index is 935. The summed E-state index contributed by atoms with van der Waals surface area (Å²) in [5.41, 5.74) is 0. The SMILES string of the molecule is Cn1c(Cl)cnc1CN1CCN(c2ccc(S(=O)(=O)N3CCOCC3)cn2)CC1. The Kier molecular flexibility index (Phi) is 6.07. The third-order valence-corrected chi connectivity index (χ3v) is 7.65. The standard InChI is InChI=1S/C18H25ClN6O3S/c1-22-16(19)13-21-18(22)14-23-4-6-24(7-5-23)17-3-2-15(12-20-17)29(26,27)25-8-10-28-11-9-25/h2-3,12-13H,4-11,14H2,1H3. The van der Waals surface area contributed by atoms with Gasteiger partial charge in [-0.15, -0.1) is 0 Å². The molecule has 0 amide bonds. The van der Waals surface area contributed by atoms with Crippen LogP contribution in [0.4, 0.5) is 5.82 Å². The van der Waals surface area contributed by atoms with E-state index in [1.54, 1.807) is 18.3 Å². The number of morpholine rings is 1. The number of rotatable bonds is 5. The van der Waals surface area contributed by atoms with Crippen LogP contribution >= 0.6 is 11.6 Å². The Hall–Kier alpha value is -1.72. The lowest BCUT2D eigenvalue weighted by atomic mass is 10.3. The summed E-state index contributed by atoms with van der Waals surface area (Å²) in [6.07, 6.45) is 3.13. The largest absolute Gasteiger partial charge is 0.379 e. The summed E-state index contributed by atoms with van der Waals surface area (Å²) in [6, 6.07) is 3.44. The smallest absolute Gasteiger partial charge is 0.244 e. The van der Waals surface area contributed by atoms with Gasteiger partial charge in [0.05, 0.1) is 26.0 Å². The van der Waals surface area contributed by atoms with E-state index < -0.39 is 10.0 Å². The zero-order chi connectivity index (χ0) is 20.4. The molecule has 2 aliphatic rings. The number of imidazole rings is 1. The predicted molar refractivity (Wildman–Crippen MR) is 110 cm³/mol. The summed E-state index contributed by atoms with van der Waals surface area (Å²) < 4.78 is 34.0. The lowest BCUT2D eigenvalue weighted by Gasteiger charge is -2.35. The van der Waals surface area contributed by atoms with E-state index in [1.165, 1.54) is 10.5 Å². The van der Waals surface area contributed by atoms with Crippen LogP contribution < -0.4 is 4.90 Å². The third kappa shape index (κ3) is 4.41. The molecule has 11 heteroatoms. The molecule has 2 saturated heterocycles. The van der Waals surface area contributed by atoms with Crippen LogP contribution in [-0.2, 0) is 28.4 Å². The van der Waals surface area contributed by atoms with E-state index in [-0.39, 0.29) is 4.90 Å². The highest BCUT2D eigenvalue weighted by molar-refractivity contribution is 7.89.